The summed E-state index contributed by atoms with van der Waals surface area (Å²) in [6, 6.07) is 14.0. The van der Waals surface area contributed by atoms with Gasteiger partial charge in [0.05, 0.1) is 6.04 Å². The zero-order chi connectivity index (χ0) is 14.5. The van der Waals surface area contributed by atoms with E-state index < -0.39 is 0 Å². The van der Waals surface area contributed by atoms with Crippen molar-refractivity contribution in [2.75, 3.05) is 5.33 Å². The number of carbonyl (C=O) groups is 1. The van der Waals surface area contributed by atoms with Gasteiger partial charge in [-0.15, -0.1) is 0 Å². The number of halogens is 2. The van der Waals surface area contributed by atoms with Gasteiger partial charge >= 0.3 is 0 Å². The number of benzene rings is 2. The molecule has 1 N–H and O–H groups in total. The number of amides is 1. The van der Waals surface area contributed by atoms with E-state index in [0.717, 1.165) is 5.56 Å². The summed E-state index contributed by atoms with van der Waals surface area (Å²) in [5.74, 6) is -0.511. The summed E-state index contributed by atoms with van der Waals surface area (Å²) in [6.45, 7) is 1.64. The second-order valence-electron chi connectivity index (χ2n) is 4.55. The Kier molecular flexibility index (Phi) is 4.90. The van der Waals surface area contributed by atoms with Gasteiger partial charge in [-0.1, -0.05) is 46.3 Å². The second-order valence-corrected chi connectivity index (χ2v) is 5.20. The normalized spacial score (nSPS) is 11.9. The van der Waals surface area contributed by atoms with Crippen molar-refractivity contribution in [2.24, 2.45) is 0 Å². The van der Waals surface area contributed by atoms with Crippen molar-refractivity contribution in [1.29, 1.82) is 0 Å². The standard InChI is InChI=1S/C16H15BrFNO/c1-11-9-13(7-8-14(11)18)16(20)19-15(10-17)12-5-3-2-4-6-12/h2-9,15H,10H2,1H3,(H,19,20). The van der Waals surface area contributed by atoms with Crippen LogP contribution in [0.3, 0.4) is 0 Å². The molecule has 1 atom stereocenters. The van der Waals surface area contributed by atoms with Crippen molar-refractivity contribution in [3.63, 3.8) is 0 Å². The molecule has 0 aromatic heterocycles. The number of aryl methyl sites for hydroxylation is 1. The highest BCUT2D eigenvalue weighted by molar-refractivity contribution is 9.09. The van der Waals surface area contributed by atoms with Crippen LogP contribution >= 0.6 is 15.9 Å². The van der Waals surface area contributed by atoms with Gasteiger partial charge < -0.3 is 5.32 Å². The van der Waals surface area contributed by atoms with Crippen LogP contribution in [-0.4, -0.2) is 11.2 Å². The van der Waals surface area contributed by atoms with Crippen LogP contribution in [0.4, 0.5) is 4.39 Å². The molecule has 0 aliphatic heterocycles. The minimum atomic E-state index is -0.304. The van der Waals surface area contributed by atoms with Crippen LogP contribution in [0, 0.1) is 12.7 Å². The van der Waals surface area contributed by atoms with Crippen LogP contribution in [-0.2, 0) is 0 Å². The highest BCUT2D eigenvalue weighted by atomic mass is 79.9. The summed E-state index contributed by atoms with van der Waals surface area (Å²) in [5, 5.41) is 3.55. The molecule has 104 valence electrons. The highest BCUT2D eigenvalue weighted by Gasteiger charge is 2.15. The third-order valence-electron chi connectivity index (χ3n) is 3.08. The highest BCUT2D eigenvalue weighted by Crippen LogP contribution is 2.16. The minimum absolute atomic E-state index is 0.117. The Balaban J connectivity index is 2.15. The van der Waals surface area contributed by atoms with Gasteiger partial charge in [0.1, 0.15) is 5.82 Å². The maximum atomic E-state index is 13.2. The number of rotatable bonds is 4. The molecule has 0 aliphatic rings. The second kappa shape index (κ2) is 6.66. The molecule has 2 nitrogen and oxygen atoms in total. The van der Waals surface area contributed by atoms with Crippen LogP contribution in [0.25, 0.3) is 0 Å². The lowest BCUT2D eigenvalue weighted by Crippen LogP contribution is -2.29. The van der Waals surface area contributed by atoms with Crippen molar-refractivity contribution < 1.29 is 9.18 Å². The molecule has 20 heavy (non-hydrogen) atoms. The lowest BCUT2D eigenvalue weighted by atomic mass is 10.1. The average molecular weight is 336 g/mol. The molecular weight excluding hydrogens is 321 g/mol. The number of alkyl halides is 1. The minimum Gasteiger partial charge on any atom is -0.344 e. The van der Waals surface area contributed by atoms with E-state index in [2.05, 4.69) is 21.2 Å². The SMILES string of the molecule is Cc1cc(C(=O)NC(CBr)c2ccccc2)ccc1F. The van der Waals surface area contributed by atoms with Crippen molar-refractivity contribution in [1.82, 2.24) is 5.32 Å². The van der Waals surface area contributed by atoms with Crippen LogP contribution in [0.2, 0.25) is 0 Å². The first-order valence-electron chi connectivity index (χ1n) is 6.29. The van der Waals surface area contributed by atoms with E-state index >= 15 is 0 Å². The third-order valence-corrected chi connectivity index (χ3v) is 3.73. The van der Waals surface area contributed by atoms with Crippen molar-refractivity contribution >= 4 is 21.8 Å². The van der Waals surface area contributed by atoms with Gasteiger partial charge in [-0.2, -0.15) is 0 Å². The molecule has 0 radical (unpaired) electrons. The van der Waals surface area contributed by atoms with Gasteiger partial charge in [0, 0.05) is 10.9 Å². The molecule has 0 spiro atoms. The quantitative estimate of drug-likeness (QED) is 0.840. The van der Waals surface area contributed by atoms with Gasteiger partial charge in [-0.05, 0) is 36.2 Å². The molecule has 0 saturated carbocycles. The molecule has 0 bridgehead atoms. The number of hydrogen-bond acceptors (Lipinski definition) is 1. The molecule has 2 aromatic rings. The summed E-state index contributed by atoms with van der Waals surface area (Å²) in [6.07, 6.45) is 0. The molecule has 0 aliphatic carbocycles. The monoisotopic (exact) mass is 335 g/mol. The molecule has 0 saturated heterocycles. The predicted molar refractivity (Wildman–Crippen MR) is 81.6 cm³/mol. The summed E-state index contributed by atoms with van der Waals surface area (Å²) >= 11 is 3.40. The van der Waals surface area contributed by atoms with E-state index in [-0.39, 0.29) is 17.8 Å². The van der Waals surface area contributed by atoms with Crippen LogP contribution in [0.15, 0.2) is 48.5 Å². The lowest BCUT2D eigenvalue weighted by Gasteiger charge is -2.17. The van der Waals surface area contributed by atoms with Gasteiger partial charge in [-0.25, -0.2) is 4.39 Å². The van der Waals surface area contributed by atoms with Crippen LogP contribution in [0.5, 0.6) is 0 Å². The average Bonchev–Trinajstić information content (AvgIpc) is 2.48. The lowest BCUT2D eigenvalue weighted by molar-refractivity contribution is 0.0940. The Hall–Kier alpha value is -1.68. The summed E-state index contributed by atoms with van der Waals surface area (Å²) in [5.41, 5.74) is 1.95. The first kappa shape index (κ1) is 14.7. The molecule has 2 rings (SSSR count). The Morgan fingerprint density at radius 3 is 2.55 bits per heavy atom. The van der Waals surface area contributed by atoms with E-state index in [1.807, 2.05) is 30.3 Å². The Morgan fingerprint density at radius 2 is 1.95 bits per heavy atom. The maximum absolute atomic E-state index is 13.2. The van der Waals surface area contributed by atoms with Crippen molar-refractivity contribution in [2.45, 2.75) is 13.0 Å². The fraction of sp³-hybridized carbons (Fsp3) is 0.188. The maximum Gasteiger partial charge on any atom is 0.251 e. The first-order chi connectivity index (χ1) is 9.61. The summed E-state index contributed by atoms with van der Waals surface area (Å²) in [7, 11) is 0. The van der Waals surface area contributed by atoms with Crippen LogP contribution in [0.1, 0.15) is 27.5 Å². The fourth-order valence-corrected chi connectivity index (χ4v) is 2.46. The van der Waals surface area contributed by atoms with E-state index in [0.29, 0.717) is 16.5 Å². The van der Waals surface area contributed by atoms with E-state index in [9.17, 15) is 9.18 Å². The molecular formula is C16H15BrFNO. The van der Waals surface area contributed by atoms with E-state index in [1.165, 1.54) is 12.1 Å². The van der Waals surface area contributed by atoms with Crippen molar-refractivity contribution in [3.8, 4) is 0 Å². The first-order valence-corrected chi connectivity index (χ1v) is 7.42. The van der Waals surface area contributed by atoms with Gasteiger partial charge in [0.15, 0.2) is 0 Å². The summed E-state index contributed by atoms with van der Waals surface area (Å²) < 4.78 is 13.2. The smallest absolute Gasteiger partial charge is 0.251 e. The molecule has 1 unspecified atom stereocenters. The van der Waals surface area contributed by atoms with Gasteiger partial charge in [0.25, 0.3) is 5.91 Å². The molecule has 0 fully saturated rings. The Labute approximate surface area is 126 Å². The van der Waals surface area contributed by atoms with Crippen LogP contribution < -0.4 is 5.32 Å². The predicted octanol–water partition coefficient (Wildman–Crippen LogP) is 4.00. The Morgan fingerprint density at radius 1 is 1.25 bits per heavy atom. The summed E-state index contributed by atoms with van der Waals surface area (Å²) in [4.78, 5) is 12.2. The molecule has 0 heterocycles. The Bertz CT molecular complexity index is 601. The fourth-order valence-electron chi connectivity index (χ4n) is 1.92. The topological polar surface area (TPSA) is 29.1 Å². The van der Waals surface area contributed by atoms with Crippen molar-refractivity contribution in [3.05, 3.63) is 71.0 Å². The van der Waals surface area contributed by atoms with Gasteiger partial charge in [0.2, 0.25) is 0 Å². The van der Waals surface area contributed by atoms with E-state index in [4.69, 9.17) is 0 Å². The molecule has 2 aromatic carbocycles. The molecule has 4 heteroatoms. The largest absolute Gasteiger partial charge is 0.344 e. The van der Waals surface area contributed by atoms with Gasteiger partial charge in [-0.3, -0.25) is 4.79 Å². The number of carbonyl (C=O) groups excluding carboxylic acids is 1. The zero-order valence-electron chi connectivity index (χ0n) is 11.1. The zero-order valence-corrected chi connectivity index (χ0v) is 12.7. The van der Waals surface area contributed by atoms with E-state index in [1.54, 1.807) is 13.0 Å². The number of nitrogens with one attached hydrogen (secondary N) is 1. The third kappa shape index (κ3) is 3.45. The molecule has 1 amide bonds. The number of hydrogen-bond donors (Lipinski definition) is 1.